The van der Waals surface area contributed by atoms with E-state index in [-0.39, 0.29) is 18.3 Å². The minimum Gasteiger partial charge on any atom is -0.469 e. The second-order valence-corrected chi connectivity index (χ2v) is 7.15. The smallest absolute Gasteiger partial charge is 0.311 e. The van der Waals surface area contributed by atoms with Gasteiger partial charge in [0.2, 0.25) is 0 Å². The van der Waals surface area contributed by atoms with Gasteiger partial charge in [-0.1, -0.05) is 48.5 Å². The van der Waals surface area contributed by atoms with Crippen molar-refractivity contribution < 1.29 is 14.3 Å². The summed E-state index contributed by atoms with van der Waals surface area (Å²) in [7, 11) is 1.33. The van der Waals surface area contributed by atoms with Crippen molar-refractivity contribution in [1.29, 1.82) is 0 Å². The molecule has 0 aliphatic carbocycles. The summed E-state index contributed by atoms with van der Waals surface area (Å²) in [5.74, 6) is -0.652. The highest BCUT2D eigenvalue weighted by molar-refractivity contribution is 7.14. The molecule has 0 bridgehead atoms. The molecule has 7 heteroatoms. The van der Waals surface area contributed by atoms with Crippen molar-refractivity contribution in [3.63, 3.8) is 0 Å². The molecule has 0 saturated carbocycles. The number of methoxy groups -OCH3 is 1. The van der Waals surface area contributed by atoms with Gasteiger partial charge >= 0.3 is 5.97 Å². The standard InChI is InChI=1S/C22H17N3O3S/c1-28-20(26)11-15-13-29-22(23-15)25-21(27)17-12-19(14-7-3-2-4-8-14)24-18-10-6-5-9-16(17)18/h2-10,12-13H,11H2,1H3,(H,23,25,27). The fourth-order valence-corrected chi connectivity index (χ4v) is 3.66. The van der Waals surface area contributed by atoms with Gasteiger partial charge in [-0.25, -0.2) is 9.97 Å². The minimum absolute atomic E-state index is 0.0687. The van der Waals surface area contributed by atoms with Crippen LogP contribution < -0.4 is 5.32 Å². The van der Waals surface area contributed by atoms with Crippen molar-refractivity contribution in [2.24, 2.45) is 0 Å². The lowest BCUT2D eigenvalue weighted by Gasteiger charge is -2.09. The fraction of sp³-hybridized carbons (Fsp3) is 0.0909. The van der Waals surface area contributed by atoms with Gasteiger partial charge in [0.15, 0.2) is 5.13 Å². The zero-order valence-corrected chi connectivity index (χ0v) is 16.4. The molecule has 2 aromatic carbocycles. The van der Waals surface area contributed by atoms with Gasteiger partial charge in [0.25, 0.3) is 5.91 Å². The van der Waals surface area contributed by atoms with E-state index in [1.165, 1.54) is 18.4 Å². The van der Waals surface area contributed by atoms with Crippen molar-refractivity contribution in [2.45, 2.75) is 6.42 Å². The lowest BCUT2D eigenvalue weighted by Crippen LogP contribution is -2.13. The summed E-state index contributed by atoms with van der Waals surface area (Å²) < 4.78 is 4.65. The Morgan fingerprint density at radius 2 is 1.79 bits per heavy atom. The number of fused-ring (bicyclic) bond motifs is 1. The van der Waals surface area contributed by atoms with E-state index in [1.807, 2.05) is 54.6 Å². The number of rotatable bonds is 5. The van der Waals surface area contributed by atoms with Crippen molar-refractivity contribution in [3.05, 3.63) is 77.3 Å². The van der Waals surface area contributed by atoms with Crippen LogP contribution in [-0.4, -0.2) is 29.0 Å². The molecule has 29 heavy (non-hydrogen) atoms. The molecule has 0 aliphatic heterocycles. The number of nitrogens with one attached hydrogen (secondary N) is 1. The molecule has 1 amide bonds. The summed E-state index contributed by atoms with van der Waals surface area (Å²) in [4.78, 5) is 33.4. The van der Waals surface area contributed by atoms with E-state index in [0.29, 0.717) is 16.4 Å². The molecule has 6 nitrogen and oxygen atoms in total. The normalized spacial score (nSPS) is 10.7. The Balaban J connectivity index is 1.67. The van der Waals surface area contributed by atoms with Gasteiger partial charge in [-0.05, 0) is 12.1 Å². The number of carbonyl (C=O) groups excluding carboxylic acids is 2. The first kappa shape index (κ1) is 18.8. The van der Waals surface area contributed by atoms with E-state index < -0.39 is 0 Å². The first-order valence-corrected chi connectivity index (χ1v) is 9.80. The largest absolute Gasteiger partial charge is 0.469 e. The summed E-state index contributed by atoms with van der Waals surface area (Å²) in [5, 5.41) is 5.75. The van der Waals surface area contributed by atoms with Crippen molar-refractivity contribution in [2.75, 3.05) is 12.4 Å². The number of amides is 1. The topological polar surface area (TPSA) is 81.2 Å². The average molecular weight is 403 g/mol. The van der Waals surface area contributed by atoms with E-state index in [0.717, 1.165) is 22.2 Å². The number of hydrogen-bond acceptors (Lipinski definition) is 6. The molecule has 2 heterocycles. The zero-order chi connectivity index (χ0) is 20.2. The Hall–Kier alpha value is -3.58. The van der Waals surface area contributed by atoms with E-state index in [1.54, 1.807) is 11.4 Å². The highest BCUT2D eigenvalue weighted by atomic mass is 32.1. The van der Waals surface area contributed by atoms with Gasteiger partial charge in [0, 0.05) is 16.3 Å². The lowest BCUT2D eigenvalue weighted by molar-refractivity contribution is -0.139. The van der Waals surface area contributed by atoms with Crippen LogP contribution in [0.3, 0.4) is 0 Å². The van der Waals surface area contributed by atoms with Crippen molar-refractivity contribution >= 4 is 39.2 Å². The van der Waals surface area contributed by atoms with Gasteiger partial charge in [-0.3, -0.25) is 14.9 Å². The molecule has 0 atom stereocenters. The number of benzene rings is 2. The molecule has 0 aliphatic rings. The second-order valence-electron chi connectivity index (χ2n) is 6.29. The quantitative estimate of drug-likeness (QED) is 0.502. The number of anilines is 1. The average Bonchev–Trinajstić information content (AvgIpc) is 3.19. The number of nitrogens with zero attached hydrogens (tertiary/aromatic N) is 2. The third kappa shape index (κ3) is 4.14. The van der Waals surface area contributed by atoms with E-state index in [2.05, 4.69) is 15.0 Å². The number of pyridine rings is 1. The Labute approximate surface area is 171 Å². The fourth-order valence-electron chi connectivity index (χ4n) is 2.95. The highest BCUT2D eigenvalue weighted by Crippen LogP contribution is 2.26. The van der Waals surface area contributed by atoms with Crippen LogP contribution in [0.15, 0.2) is 66.0 Å². The van der Waals surface area contributed by atoms with Gasteiger partial charge in [-0.2, -0.15) is 0 Å². The Morgan fingerprint density at radius 3 is 2.59 bits per heavy atom. The Bertz CT molecular complexity index is 1190. The molecule has 0 saturated heterocycles. The van der Waals surface area contributed by atoms with Crippen LogP contribution in [0.4, 0.5) is 5.13 Å². The summed E-state index contributed by atoms with van der Waals surface area (Å²) >= 11 is 1.26. The summed E-state index contributed by atoms with van der Waals surface area (Å²) in [6.45, 7) is 0. The Morgan fingerprint density at radius 1 is 1.03 bits per heavy atom. The predicted octanol–water partition coefficient (Wildman–Crippen LogP) is 4.33. The Kier molecular flexibility index (Phi) is 5.31. The maximum absolute atomic E-state index is 13.0. The van der Waals surface area contributed by atoms with Gasteiger partial charge < -0.3 is 4.74 Å². The van der Waals surface area contributed by atoms with Crippen molar-refractivity contribution in [1.82, 2.24) is 9.97 Å². The maximum atomic E-state index is 13.0. The van der Waals surface area contributed by atoms with Crippen molar-refractivity contribution in [3.8, 4) is 11.3 Å². The molecule has 0 unspecified atom stereocenters. The number of hydrogen-bond donors (Lipinski definition) is 1. The van der Waals surface area contributed by atoms with E-state index in [4.69, 9.17) is 4.98 Å². The molecule has 1 N–H and O–H groups in total. The zero-order valence-electron chi connectivity index (χ0n) is 15.6. The second kappa shape index (κ2) is 8.20. The van der Waals surface area contributed by atoms with E-state index >= 15 is 0 Å². The molecule has 2 aromatic heterocycles. The molecular formula is C22H17N3O3S. The molecule has 4 rings (SSSR count). The van der Waals surface area contributed by atoms with E-state index in [9.17, 15) is 9.59 Å². The lowest BCUT2D eigenvalue weighted by atomic mass is 10.0. The molecule has 144 valence electrons. The number of para-hydroxylation sites is 1. The molecule has 0 fully saturated rings. The number of carbonyl (C=O) groups is 2. The monoisotopic (exact) mass is 403 g/mol. The van der Waals surface area contributed by atoms with Gasteiger partial charge in [0.05, 0.1) is 36.0 Å². The SMILES string of the molecule is COC(=O)Cc1csc(NC(=O)c2cc(-c3ccccc3)nc3ccccc23)n1. The predicted molar refractivity (Wildman–Crippen MR) is 113 cm³/mol. The van der Waals surface area contributed by atoms with Crippen LogP contribution in [0.5, 0.6) is 0 Å². The number of ether oxygens (including phenoxy) is 1. The van der Waals surface area contributed by atoms with Crippen LogP contribution in [0.2, 0.25) is 0 Å². The number of thiazole rings is 1. The first-order valence-electron chi connectivity index (χ1n) is 8.92. The summed E-state index contributed by atoms with van der Waals surface area (Å²) in [6.07, 6.45) is 0.0687. The molecule has 0 radical (unpaired) electrons. The maximum Gasteiger partial charge on any atom is 0.311 e. The minimum atomic E-state index is -0.374. The van der Waals surface area contributed by atoms with Gasteiger partial charge in [-0.15, -0.1) is 11.3 Å². The van der Waals surface area contributed by atoms with Crippen LogP contribution >= 0.6 is 11.3 Å². The third-order valence-corrected chi connectivity index (χ3v) is 5.16. The molecular weight excluding hydrogens is 386 g/mol. The molecule has 0 spiro atoms. The number of esters is 1. The van der Waals surface area contributed by atoms with Crippen LogP contribution in [0, 0.1) is 0 Å². The number of aromatic nitrogens is 2. The third-order valence-electron chi connectivity index (χ3n) is 4.36. The van der Waals surface area contributed by atoms with Crippen LogP contribution in [0.25, 0.3) is 22.2 Å². The summed E-state index contributed by atoms with van der Waals surface area (Å²) in [6, 6.07) is 19.0. The van der Waals surface area contributed by atoms with Gasteiger partial charge in [0.1, 0.15) is 0 Å². The summed E-state index contributed by atoms with van der Waals surface area (Å²) in [5.41, 5.74) is 3.47. The first-order chi connectivity index (χ1) is 14.1. The van der Waals surface area contributed by atoms with Crippen LogP contribution in [0.1, 0.15) is 16.1 Å². The highest BCUT2D eigenvalue weighted by Gasteiger charge is 2.16. The van der Waals surface area contributed by atoms with Crippen LogP contribution in [-0.2, 0) is 16.0 Å². The molecule has 4 aromatic rings.